The van der Waals surface area contributed by atoms with Gasteiger partial charge in [-0.2, -0.15) is 0 Å². The normalized spacial score (nSPS) is 14.1. The second-order valence-electron chi connectivity index (χ2n) is 10.2. The molecule has 0 aromatic heterocycles. The third-order valence-corrected chi connectivity index (χ3v) is 7.43. The molecule has 5 rings (SSSR count). The molecule has 10 heteroatoms. The number of amides is 4. The van der Waals surface area contributed by atoms with Crippen molar-refractivity contribution < 1.29 is 28.6 Å². The maximum absolute atomic E-state index is 13.4. The number of hydrogen-bond donors (Lipinski definition) is 1. The third-order valence-electron chi connectivity index (χ3n) is 6.78. The molecule has 44 heavy (non-hydrogen) atoms. The Bertz CT molecular complexity index is 1770. The van der Waals surface area contributed by atoms with E-state index in [2.05, 4.69) is 11.4 Å². The van der Waals surface area contributed by atoms with Crippen LogP contribution >= 0.6 is 23.2 Å². The number of benzene rings is 4. The molecule has 4 aromatic carbocycles. The molecule has 0 radical (unpaired) electrons. The highest BCUT2D eigenvalue weighted by molar-refractivity contribution is 6.39. The minimum atomic E-state index is -0.868. The Morgan fingerprint density at radius 1 is 0.818 bits per heavy atom. The van der Waals surface area contributed by atoms with Crippen LogP contribution in [0.2, 0.25) is 10.0 Å². The van der Waals surface area contributed by atoms with Gasteiger partial charge in [0.2, 0.25) is 0 Å². The van der Waals surface area contributed by atoms with Gasteiger partial charge in [0.05, 0.1) is 17.8 Å². The number of hydrogen-bond acceptors (Lipinski definition) is 6. The summed E-state index contributed by atoms with van der Waals surface area (Å²) in [5, 5.41) is 3.03. The van der Waals surface area contributed by atoms with Crippen molar-refractivity contribution in [2.45, 2.75) is 27.1 Å². The van der Waals surface area contributed by atoms with E-state index in [4.69, 9.17) is 37.4 Å². The van der Waals surface area contributed by atoms with Crippen molar-refractivity contribution in [1.29, 1.82) is 0 Å². The first-order chi connectivity index (χ1) is 21.1. The molecule has 0 bridgehead atoms. The number of nitrogens with one attached hydrogen (secondary N) is 1. The molecule has 1 N–H and O–H groups in total. The zero-order valence-corrected chi connectivity index (χ0v) is 25.7. The van der Waals surface area contributed by atoms with Crippen molar-refractivity contribution in [3.63, 3.8) is 0 Å². The maximum atomic E-state index is 13.4. The van der Waals surface area contributed by atoms with Crippen molar-refractivity contribution in [3.05, 3.63) is 122 Å². The van der Waals surface area contributed by atoms with Gasteiger partial charge in [0.15, 0.2) is 11.5 Å². The standard InChI is InChI=1S/C34H28Cl2N2O6/c1-20-12-21(2)14-23(13-20)18-44-31-29(36)16-22(17-30(31)42-3)15-27-32(39)37-34(41)38(33(27)40)25-8-10-26(11-9-25)43-19-24-6-4-5-7-28(24)35/h4-17H,18-19H2,1-3H3,(H,37,39,41)/b27-15+. The lowest BCUT2D eigenvalue weighted by molar-refractivity contribution is -0.122. The monoisotopic (exact) mass is 630 g/mol. The smallest absolute Gasteiger partial charge is 0.335 e. The van der Waals surface area contributed by atoms with Gasteiger partial charge in [-0.1, -0.05) is 70.7 Å². The molecule has 0 aliphatic carbocycles. The first-order valence-electron chi connectivity index (χ1n) is 13.6. The second-order valence-corrected chi connectivity index (χ2v) is 11.0. The minimum absolute atomic E-state index is 0.226. The highest BCUT2D eigenvalue weighted by Gasteiger charge is 2.37. The van der Waals surface area contributed by atoms with Crippen LogP contribution in [0.25, 0.3) is 6.08 Å². The Kier molecular flexibility index (Phi) is 9.23. The van der Waals surface area contributed by atoms with Crippen molar-refractivity contribution >= 4 is 52.8 Å². The SMILES string of the molecule is COc1cc(/C=C2\C(=O)NC(=O)N(c3ccc(OCc4ccccc4Cl)cc3)C2=O)cc(Cl)c1OCc1cc(C)cc(C)c1. The van der Waals surface area contributed by atoms with Gasteiger partial charge in [-0.3, -0.25) is 14.9 Å². The second kappa shape index (κ2) is 13.2. The van der Waals surface area contributed by atoms with Crippen LogP contribution in [0.5, 0.6) is 17.2 Å². The summed E-state index contributed by atoms with van der Waals surface area (Å²) in [5.41, 5.74) is 4.42. The van der Waals surface area contributed by atoms with E-state index in [9.17, 15) is 14.4 Å². The molecule has 1 aliphatic heterocycles. The summed E-state index contributed by atoms with van der Waals surface area (Å²) in [6.07, 6.45) is 1.35. The summed E-state index contributed by atoms with van der Waals surface area (Å²) in [5.74, 6) is -0.483. The lowest BCUT2D eigenvalue weighted by Gasteiger charge is -2.26. The number of methoxy groups -OCH3 is 1. The van der Waals surface area contributed by atoms with E-state index < -0.39 is 17.8 Å². The number of carbonyl (C=O) groups is 3. The molecule has 4 aromatic rings. The molecule has 8 nitrogen and oxygen atoms in total. The lowest BCUT2D eigenvalue weighted by Crippen LogP contribution is -2.54. The van der Waals surface area contributed by atoms with Gasteiger partial charge in [0.1, 0.15) is 24.5 Å². The van der Waals surface area contributed by atoms with Crippen LogP contribution in [0.3, 0.4) is 0 Å². The van der Waals surface area contributed by atoms with Crippen molar-refractivity contribution in [2.75, 3.05) is 12.0 Å². The van der Waals surface area contributed by atoms with Crippen molar-refractivity contribution in [3.8, 4) is 17.2 Å². The molecule has 0 unspecified atom stereocenters. The Labute approximate surface area is 264 Å². The number of ether oxygens (including phenoxy) is 3. The van der Waals surface area contributed by atoms with Crippen molar-refractivity contribution in [2.24, 2.45) is 0 Å². The van der Waals surface area contributed by atoms with E-state index in [0.29, 0.717) is 27.8 Å². The van der Waals surface area contributed by atoms with Crippen LogP contribution in [0.4, 0.5) is 10.5 Å². The van der Waals surface area contributed by atoms with E-state index in [1.54, 1.807) is 42.5 Å². The fourth-order valence-corrected chi connectivity index (χ4v) is 5.26. The number of aryl methyl sites for hydroxylation is 2. The number of imide groups is 2. The number of anilines is 1. The molecule has 0 atom stereocenters. The van der Waals surface area contributed by atoms with Gasteiger partial charge in [0, 0.05) is 10.6 Å². The fraction of sp³-hybridized carbons (Fsp3) is 0.147. The highest BCUT2D eigenvalue weighted by atomic mass is 35.5. The topological polar surface area (TPSA) is 94.2 Å². The molecule has 1 fully saturated rings. The van der Waals surface area contributed by atoms with Crippen LogP contribution in [0.15, 0.2) is 84.4 Å². The van der Waals surface area contributed by atoms with E-state index >= 15 is 0 Å². The summed E-state index contributed by atoms with van der Waals surface area (Å²) >= 11 is 12.8. The van der Waals surface area contributed by atoms with Crippen LogP contribution in [0, 0.1) is 13.8 Å². The Hall–Kier alpha value is -4.79. The molecule has 1 heterocycles. The number of halogens is 2. The number of nitrogens with zero attached hydrogens (tertiary/aromatic N) is 1. The molecular formula is C34H28Cl2N2O6. The number of urea groups is 1. The summed E-state index contributed by atoms with van der Waals surface area (Å²) < 4.78 is 17.3. The van der Waals surface area contributed by atoms with E-state index in [0.717, 1.165) is 27.2 Å². The Balaban J connectivity index is 1.35. The van der Waals surface area contributed by atoms with Gasteiger partial charge in [-0.15, -0.1) is 0 Å². The number of carbonyl (C=O) groups excluding carboxylic acids is 3. The zero-order chi connectivity index (χ0) is 31.4. The number of rotatable bonds is 9. The van der Waals surface area contributed by atoms with Crippen molar-refractivity contribution in [1.82, 2.24) is 5.32 Å². The average Bonchev–Trinajstić information content (AvgIpc) is 2.98. The molecule has 224 valence electrons. The van der Waals surface area contributed by atoms with Crippen LogP contribution in [-0.4, -0.2) is 25.0 Å². The quantitative estimate of drug-likeness (QED) is 0.152. The molecule has 1 saturated heterocycles. The fourth-order valence-electron chi connectivity index (χ4n) is 4.80. The molecule has 4 amide bonds. The summed E-state index contributed by atoms with van der Waals surface area (Å²) in [4.78, 5) is 39.8. The van der Waals surface area contributed by atoms with Gasteiger partial charge < -0.3 is 14.2 Å². The summed E-state index contributed by atoms with van der Waals surface area (Å²) in [6, 6.07) is 22.1. The molecular weight excluding hydrogens is 603 g/mol. The predicted molar refractivity (Wildman–Crippen MR) is 169 cm³/mol. The lowest BCUT2D eigenvalue weighted by atomic mass is 10.1. The number of barbiturate groups is 1. The van der Waals surface area contributed by atoms with Gasteiger partial charge in [-0.05, 0) is 73.5 Å². The van der Waals surface area contributed by atoms with Crippen LogP contribution in [0.1, 0.15) is 27.8 Å². The van der Waals surface area contributed by atoms with Gasteiger partial charge in [0.25, 0.3) is 11.8 Å². The van der Waals surface area contributed by atoms with Crippen LogP contribution < -0.4 is 24.4 Å². The Morgan fingerprint density at radius 2 is 1.52 bits per heavy atom. The average molecular weight is 632 g/mol. The first-order valence-corrected chi connectivity index (χ1v) is 14.3. The van der Waals surface area contributed by atoms with Crippen LogP contribution in [-0.2, 0) is 22.8 Å². The Morgan fingerprint density at radius 3 is 2.20 bits per heavy atom. The zero-order valence-electron chi connectivity index (χ0n) is 24.1. The largest absolute Gasteiger partial charge is 0.493 e. The summed E-state index contributed by atoms with van der Waals surface area (Å²) in [7, 11) is 1.47. The van der Waals surface area contributed by atoms with Gasteiger partial charge in [-0.25, -0.2) is 9.69 Å². The van der Waals surface area contributed by atoms with E-state index in [1.807, 2.05) is 44.2 Å². The van der Waals surface area contributed by atoms with E-state index in [1.165, 1.54) is 13.2 Å². The summed E-state index contributed by atoms with van der Waals surface area (Å²) in [6.45, 7) is 4.53. The van der Waals surface area contributed by atoms with Gasteiger partial charge >= 0.3 is 6.03 Å². The molecule has 0 saturated carbocycles. The predicted octanol–water partition coefficient (Wildman–Crippen LogP) is 7.44. The van der Waals surface area contributed by atoms with E-state index in [-0.39, 0.29) is 29.5 Å². The maximum Gasteiger partial charge on any atom is 0.335 e. The third kappa shape index (κ3) is 6.88. The minimum Gasteiger partial charge on any atom is -0.493 e. The highest BCUT2D eigenvalue weighted by Crippen LogP contribution is 2.38. The molecule has 1 aliphatic rings. The first kappa shape index (κ1) is 30.7. The molecule has 0 spiro atoms.